The van der Waals surface area contributed by atoms with E-state index in [4.69, 9.17) is 14.5 Å². The van der Waals surface area contributed by atoms with Gasteiger partial charge in [-0.05, 0) is 63.7 Å². The van der Waals surface area contributed by atoms with Gasteiger partial charge < -0.3 is 14.5 Å². The van der Waals surface area contributed by atoms with Crippen molar-refractivity contribution in [1.29, 1.82) is 0 Å². The van der Waals surface area contributed by atoms with E-state index >= 15 is 0 Å². The van der Waals surface area contributed by atoms with Crippen molar-refractivity contribution in [3.63, 3.8) is 0 Å². The molecule has 0 atom stereocenters. The summed E-state index contributed by atoms with van der Waals surface area (Å²) in [7, 11) is 0. The molecule has 4 rings (SSSR count). The van der Waals surface area contributed by atoms with Crippen molar-refractivity contribution in [1.82, 2.24) is 9.97 Å². The highest BCUT2D eigenvalue weighted by atomic mass is 79.9. The summed E-state index contributed by atoms with van der Waals surface area (Å²) >= 11 is 3.67. The molecule has 4 aromatic rings. The Morgan fingerprint density at radius 1 is 0.968 bits per heavy atom. The van der Waals surface area contributed by atoms with Crippen LogP contribution in [0.3, 0.4) is 0 Å². The van der Waals surface area contributed by atoms with Crippen molar-refractivity contribution in [3.05, 3.63) is 76.3 Å². The lowest BCUT2D eigenvalue weighted by Crippen LogP contribution is -2.10. The normalized spacial score (nSPS) is 11.6. The number of hydrogen-bond donors (Lipinski definition) is 1. The number of imidazole rings is 1. The maximum Gasteiger partial charge on any atom is 0.175 e. The van der Waals surface area contributed by atoms with E-state index in [1.54, 1.807) is 0 Å². The first kappa shape index (κ1) is 21.4. The molecular weight excluding hydrogens is 452 g/mol. The Balaban J connectivity index is 1.60. The lowest BCUT2D eigenvalue weighted by atomic mass is 9.87. The van der Waals surface area contributed by atoms with Gasteiger partial charge in [-0.25, -0.2) is 4.98 Å². The van der Waals surface area contributed by atoms with Crippen molar-refractivity contribution >= 4 is 27.0 Å². The molecule has 5 heteroatoms. The molecule has 0 spiro atoms. The van der Waals surface area contributed by atoms with E-state index in [0.29, 0.717) is 24.7 Å². The van der Waals surface area contributed by atoms with E-state index in [9.17, 15) is 0 Å². The minimum atomic E-state index is 0.136. The van der Waals surface area contributed by atoms with Crippen LogP contribution in [0.5, 0.6) is 11.5 Å². The summed E-state index contributed by atoms with van der Waals surface area (Å²) in [6, 6.07) is 20.6. The van der Waals surface area contributed by atoms with E-state index in [-0.39, 0.29) is 5.41 Å². The summed E-state index contributed by atoms with van der Waals surface area (Å²) in [6.07, 6.45) is 0. The van der Waals surface area contributed by atoms with Gasteiger partial charge in [-0.3, -0.25) is 0 Å². The van der Waals surface area contributed by atoms with Crippen LogP contribution in [-0.4, -0.2) is 16.6 Å². The maximum absolute atomic E-state index is 6.18. The zero-order valence-corrected chi connectivity index (χ0v) is 19.9. The van der Waals surface area contributed by atoms with E-state index < -0.39 is 0 Å². The number of nitrogens with zero attached hydrogens (tertiary/aromatic N) is 1. The molecule has 1 heterocycles. The van der Waals surface area contributed by atoms with Crippen LogP contribution in [0.2, 0.25) is 0 Å². The van der Waals surface area contributed by atoms with Gasteiger partial charge >= 0.3 is 0 Å². The molecule has 31 heavy (non-hydrogen) atoms. The quantitative estimate of drug-likeness (QED) is 0.316. The van der Waals surface area contributed by atoms with E-state index in [1.165, 1.54) is 5.56 Å². The number of aromatic nitrogens is 2. The fourth-order valence-corrected chi connectivity index (χ4v) is 4.01. The monoisotopic (exact) mass is 478 g/mol. The van der Waals surface area contributed by atoms with E-state index in [0.717, 1.165) is 32.5 Å². The standard InChI is InChI=1S/C26H27BrN2O2/c1-5-30-23-15-18(25-28-21-8-6-7-9-22(21)29-25)14-20(27)24(23)31-16-17-10-12-19(13-11-17)26(2,3)4/h6-15H,5,16H2,1-4H3,(H,28,29). The number of halogens is 1. The number of ether oxygens (including phenoxy) is 2. The Hall–Kier alpha value is -2.79. The zero-order valence-electron chi connectivity index (χ0n) is 18.3. The topological polar surface area (TPSA) is 47.1 Å². The number of hydrogen-bond acceptors (Lipinski definition) is 3. The van der Waals surface area contributed by atoms with Gasteiger partial charge in [0.05, 0.1) is 22.1 Å². The molecule has 160 valence electrons. The van der Waals surface area contributed by atoms with Crippen LogP contribution in [0.25, 0.3) is 22.4 Å². The molecule has 0 fully saturated rings. The van der Waals surface area contributed by atoms with Gasteiger partial charge in [0.25, 0.3) is 0 Å². The molecule has 0 saturated heterocycles. The molecule has 1 aromatic heterocycles. The van der Waals surface area contributed by atoms with Gasteiger partial charge in [-0.1, -0.05) is 57.2 Å². The van der Waals surface area contributed by atoms with Crippen molar-refractivity contribution in [2.24, 2.45) is 0 Å². The van der Waals surface area contributed by atoms with E-state index in [1.807, 2.05) is 43.3 Å². The Morgan fingerprint density at radius 3 is 2.39 bits per heavy atom. The molecule has 0 aliphatic carbocycles. The number of rotatable bonds is 6. The Bertz CT molecular complexity index is 1160. The lowest BCUT2D eigenvalue weighted by molar-refractivity contribution is 0.267. The molecular formula is C26H27BrN2O2. The number of H-pyrrole nitrogens is 1. The van der Waals surface area contributed by atoms with E-state index in [2.05, 4.69) is 66.0 Å². The van der Waals surface area contributed by atoms with Gasteiger partial charge in [0, 0.05) is 5.56 Å². The average molecular weight is 479 g/mol. The number of benzene rings is 3. The third-order valence-electron chi connectivity index (χ3n) is 5.18. The van der Waals surface area contributed by atoms with Crippen LogP contribution in [0, 0.1) is 0 Å². The van der Waals surface area contributed by atoms with Crippen molar-refractivity contribution in [2.75, 3.05) is 6.61 Å². The molecule has 0 radical (unpaired) electrons. The van der Waals surface area contributed by atoms with Gasteiger partial charge in [0.1, 0.15) is 12.4 Å². The summed E-state index contributed by atoms with van der Waals surface area (Å²) < 4.78 is 12.9. The fourth-order valence-electron chi connectivity index (χ4n) is 3.45. The molecule has 1 N–H and O–H groups in total. The van der Waals surface area contributed by atoms with Crippen molar-refractivity contribution < 1.29 is 9.47 Å². The van der Waals surface area contributed by atoms with Gasteiger partial charge in [-0.2, -0.15) is 0 Å². The molecule has 0 saturated carbocycles. The second-order valence-corrected chi connectivity index (χ2v) is 9.41. The Labute approximate surface area is 191 Å². The van der Waals surface area contributed by atoms with Crippen molar-refractivity contribution in [2.45, 2.75) is 39.7 Å². The first-order valence-electron chi connectivity index (χ1n) is 10.5. The summed E-state index contributed by atoms with van der Waals surface area (Å²) in [5.74, 6) is 2.19. The highest BCUT2D eigenvalue weighted by Crippen LogP contribution is 2.40. The molecule has 0 amide bonds. The summed E-state index contributed by atoms with van der Waals surface area (Å²) in [4.78, 5) is 8.08. The molecule has 3 aromatic carbocycles. The number of fused-ring (bicyclic) bond motifs is 1. The fraction of sp³-hybridized carbons (Fsp3) is 0.269. The van der Waals surface area contributed by atoms with Crippen LogP contribution >= 0.6 is 15.9 Å². The molecule has 0 aliphatic heterocycles. The van der Waals surface area contributed by atoms with Crippen LogP contribution < -0.4 is 9.47 Å². The second kappa shape index (κ2) is 8.75. The first-order valence-corrected chi connectivity index (χ1v) is 11.3. The maximum atomic E-state index is 6.18. The smallest absolute Gasteiger partial charge is 0.175 e. The highest BCUT2D eigenvalue weighted by molar-refractivity contribution is 9.10. The third-order valence-corrected chi connectivity index (χ3v) is 5.76. The minimum Gasteiger partial charge on any atom is -0.490 e. The van der Waals surface area contributed by atoms with Crippen LogP contribution in [0.15, 0.2) is 65.1 Å². The summed E-state index contributed by atoms with van der Waals surface area (Å²) in [6.45, 7) is 9.63. The summed E-state index contributed by atoms with van der Waals surface area (Å²) in [5, 5.41) is 0. The minimum absolute atomic E-state index is 0.136. The lowest BCUT2D eigenvalue weighted by Gasteiger charge is -2.19. The molecule has 0 bridgehead atoms. The molecule has 0 aliphatic rings. The largest absolute Gasteiger partial charge is 0.490 e. The SMILES string of the molecule is CCOc1cc(-c2nc3ccccc3[nH]2)cc(Br)c1OCc1ccc(C(C)(C)C)cc1. The Morgan fingerprint density at radius 2 is 1.71 bits per heavy atom. The zero-order chi connectivity index (χ0) is 22.0. The van der Waals surface area contributed by atoms with Crippen LogP contribution in [0.4, 0.5) is 0 Å². The van der Waals surface area contributed by atoms with Gasteiger partial charge in [0.2, 0.25) is 0 Å². The predicted molar refractivity (Wildman–Crippen MR) is 130 cm³/mol. The number of para-hydroxylation sites is 2. The number of aromatic amines is 1. The molecule has 0 unspecified atom stereocenters. The van der Waals surface area contributed by atoms with Crippen molar-refractivity contribution in [3.8, 4) is 22.9 Å². The number of nitrogens with one attached hydrogen (secondary N) is 1. The first-order chi connectivity index (χ1) is 14.8. The summed E-state index contributed by atoms with van der Waals surface area (Å²) in [5.41, 5.74) is 5.44. The Kier molecular flexibility index (Phi) is 6.05. The second-order valence-electron chi connectivity index (χ2n) is 8.56. The van der Waals surface area contributed by atoms with Crippen LogP contribution in [0.1, 0.15) is 38.8 Å². The predicted octanol–water partition coefficient (Wildman–Crippen LogP) is 7.27. The van der Waals surface area contributed by atoms with Gasteiger partial charge in [0.15, 0.2) is 11.5 Å². The van der Waals surface area contributed by atoms with Crippen LogP contribution in [-0.2, 0) is 12.0 Å². The van der Waals surface area contributed by atoms with Gasteiger partial charge in [-0.15, -0.1) is 0 Å². The molecule has 4 nitrogen and oxygen atoms in total. The third kappa shape index (κ3) is 4.77. The highest BCUT2D eigenvalue weighted by Gasteiger charge is 2.16. The average Bonchev–Trinajstić information content (AvgIpc) is 3.17.